The van der Waals surface area contributed by atoms with Gasteiger partial charge in [0.25, 0.3) is 0 Å². The molecule has 0 atom stereocenters. The Morgan fingerprint density at radius 1 is 1.05 bits per heavy atom. The normalized spacial score (nSPS) is 14.0. The molecule has 22 heavy (non-hydrogen) atoms. The monoisotopic (exact) mass is 313 g/mol. The van der Waals surface area contributed by atoms with Gasteiger partial charge in [-0.3, -0.25) is 4.99 Å². The van der Waals surface area contributed by atoms with Crippen LogP contribution in [0.5, 0.6) is 0 Å². The van der Waals surface area contributed by atoms with Crippen LogP contribution >= 0.6 is 12.4 Å². The first kappa shape index (κ1) is 16.1. The fraction of sp³-hybridized carbons (Fsp3) is 0.167. The van der Waals surface area contributed by atoms with Crippen LogP contribution in [0.4, 0.5) is 11.4 Å². The van der Waals surface area contributed by atoms with Crippen molar-refractivity contribution in [1.82, 2.24) is 0 Å². The molecular weight excluding hydrogens is 294 g/mol. The highest BCUT2D eigenvalue weighted by atomic mass is 35.5. The molecule has 1 heterocycles. The van der Waals surface area contributed by atoms with E-state index in [0.717, 1.165) is 30.1 Å². The lowest BCUT2D eigenvalue weighted by atomic mass is 10.1. The number of rotatable bonds is 2. The summed E-state index contributed by atoms with van der Waals surface area (Å²) in [4.78, 5) is 6.95. The van der Waals surface area contributed by atoms with Gasteiger partial charge in [-0.15, -0.1) is 12.4 Å². The Morgan fingerprint density at radius 2 is 1.77 bits per heavy atom. The molecule has 4 heteroatoms. The number of benzene rings is 2. The maximum absolute atomic E-state index is 5.98. The summed E-state index contributed by atoms with van der Waals surface area (Å²) in [5.41, 5.74) is 11.2. The first-order chi connectivity index (χ1) is 10.3. The van der Waals surface area contributed by atoms with Crippen molar-refractivity contribution >= 4 is 35.6 Å². The van der Waals surface area contributed by atoms with Gasteiger partial charge in [0, 0.05) is 30.5 Å². The number of hydrogen-bond donors (Lipinski definition) is 1. The fourth-order valence-electron chi connectivity index (χ4n) is 2.52. The molecule has 0 spiro atoms. The Balaban J connectivity index is 0.00000176. The average Bonchev–Trinajstić information content (AvgIpc) is 2.67. The predicted molar refractivity (Wildman–Crippen MR) is 98.3 cm³/mol. The number of halogens is 1. The molecule has 0 aliphatic carbocycles. The van der Waals surface area contributed by atoms with Crippen molar-refractivity contribution in [2.45, 2.75) is 0 Å². The molecule has 0 saturated heterocycles. The Kier molecular flexibility index (Phi) is 5.23. The van der Waals surface area contributed by atoms with Gasteiger partial charge in [-0.05, 0) is 23.8 Å². The van der Waals surface area contributed by atoms with Crippen LogP contribution in [0.3, 0.4) is 0 Å². The molecule has 0 saturated carbocycles. The number of nitrogens with zero attached hydrogens (tertiary/aromatic N) is 2. The van der Waals surface area contributed by atoms with Gasteiger partial charge in [-0.25, -0.2) is 0 Å². The van der Waals surface area contributed by atoms with Crippen LogP contribution in [0.1, 0.15) is 11.1 Å². The largest absolute Gasteiger partial charge is 0.398 e. The number of anilines is 2. The number of aliphatic imine (C=N–C) groups is 1. The van der Waals surface area contributed by atoms with E-state index in [0.29, 0.717) is 0 Å². The third-order valence-electron chi connectivity index (χ3n) is 3.73. The van der Waals surface area contributed by atoms with Crippen LogP contribution in [0, 0.1) is 0 Å². The highest BCUT2D eigenvalue weighted by Crippen LogP contribution is 2.23. The summed E-state index contributed by atoms with van der Waals surface area (Å²) >= 11 is 0. The molecule has 3 rings (SSSR count). The van der Waals surface area contributed by atoms with Crippen LogP contribution < -0.4 is 10.6 Å². The SMILES string of the molecule is CN1CCN=C(C=Cc2ccccc2N)c2ccccc21.Cl. The van der Waals surface area contributed by atoms with E-state index in [1.54, 1.807) is 0 Å². The molecule has 0 radical (unpaired) electrons. The molecule has 0 aromatic heterocycles. The van der Waals surface area contributed by atoms with Gasteiger partial charge < -0.3 is 10.6 Å². The molecule has 2 aromatic carbocycles. The highest BCUT2D eigenvalue weighted by Gasteiger charge is 2.13. The van der Waals surface area contributed by atoms with E-state index in [-0.39, 0.29) is 12.4 Å². The molecule has 0 fully saturated rings. The fourth-order valence-corrected chi connectivity index (χ4v) is 2.52. The number of allylic oxidation sites excluding steroid dienone is 1. The number of para-hydroxylation sites is 2. The van der Waals surface area contributed by atoms with Gasteiger partial charge in [-0.1, -0.05) is 42.5 Å². The predicted octanol–water partition coefficient (Wildman–Crippen LogP) is 3.64. The lowest BCUT2D eigenvalue weighted by Gasteiger charge is -2.18. The number of nitrogens with two attached hydrogens (primary N) is 1. The third kappa shape index (κ3) is 3.31. The van der Waals surface area contributed by atoms with E-state index >= 15 is 0 Å². The molecule has 1 aliphatic heterocycles. The van der Waals surface area contributed by atoms with Gasteiger partial charge in [0.15, 0.2) is 0 Å². The van der Waals surface area contributed by atoms with Crippen molar-refractivity contribution in [2.24, 2.45) is 4.99 Å². The Hall–Kier alpha value is -2.26. The zero-order valence-electron chi connectivity index (χ0n) is 12.6. The van der Waals surface area contributed by atoms with Gasteiger partial charge in [0.1, 0.15) is 0 Å². The zero-order chi connectivity index (χ0) is 14.7. The summed E-state index contributed by atoms with van der Waals surface area (Å²) in [6.07, 6.45) is 4.10. The number of benzodiazepines with no additional fused rings is 1. The summed E-state index contributed by atoms with van der Waals surface area (Å²) < 4.78 is 0. The number of likely N-dealkylation sites (N-methyl/N-ethyl adjacent to an activating group) is 1. The molecule has 0 amide bonds. The topological polar surface area (TPSA) is 41.6 Å². The summed E-state index contributed by atoms with van der Waals surface area (Å²) in [5.74, 6) is 0. The molecule has 0 bridgehead atoms. The minimum absolute atomic E-state index is 0. The molecular formula is C18H20ClN3. The van der Waals surface area contributed by atoms with E-state index in [4.69, 9.17) is 10.7 Å². The van der Waals surface area contributed by atoms with Gasteiger partial charge >= 0.3 is 0 Å². The van der Waals surface area contributed by atoms with Gasteiger partial charge in [-0.2, -0.15) is 0 Å². The van der Waals surface area contributed by atoms with E-state index in [1.807, 2.05) is 30.3 Å². The second-order valence-corrected chi connectivity index (χ2v) is 5.17. The van der Waals surface area contributed by atoms with Crippen molar-refractivity contribution < 1.29 is 0 Å². The minimum atomic E-state index is 0. The van der Waals surface area contributed by atoms with Crippen LogP contribution in [0.2, 0.25) is 0 Å². The molecule has 1 aliphatic rings. The summed E-state index contributed by atoms with van der Waals surface area (Å²) in [6.45, 7) is 1.73. The second-order valence-electron chi connectivity index (χ2n) is 5.17. The molecule has 2 aromatic rings. The Labute approximate surface area is 137 Å². The van der Waals surface area contributed by atoms with E-state index < -0.39 is 0 Å². The summed E-state index contributed by atoms with van der Waals surface area (Å²) in [5, 5.41) is 0. The maximum Gasteiger partial charge on any atom is 0.0668 e. The lowest BCUT2D eigenvalue weighted by molar-refractivity contribution is 0.897. The Morgan fingerprint density at radius 3 is 2.59 bits per heavy atom. The van der Waals surface area contributed by atoms with E-state index in [9.17, 15) is 0 Å². The van der Waals surface area contributed by atoms with Crippen molar-refractivity contribution in [3.63, 3.8) is 0 Å². The smallest absolute Gasteiger partial charge is 0.0668 e. The minimum Gasteiger partial charge on any atom is -0.398 e. The molecule has 114 valence electrons. The summed E-state index contributed by atoms with van der Waals surface area (Å²) in [6, 6.07) is 16.2. The number of hydrogen-bond acceptors (Lipinski definition) is 3. The van der Waals surface area contributed by atoms with Crippen molar-refractivity contribution in [2.75, 3.05) is 30.8 Å². The van der Waals surface area contributed by atoms with Crippen molar-refractivity contribution in [3.05, 3.63) is 65.7 Å². The van der Waals surface area contributed by atoms with E-state index in [1.165, 1.54) is 11.3 Å². The quantitative estimate of drug-likeness (QED) is 0.860. The highest BCUT2D eigenvalue weighted by molar-refractivity contribution is 6.14. The zero-order valence-corrected chi connectivity index (χ0v) is 13.4. The van der Waals surface area contributed by atoms with Crippen LogP contribution in [0.15, 0.2) is 59.6 Å². The first-order valence-corrected chi connectivity index (χ1v) is 7.13. The second kappa shape index (κ2) is 7.14. The first-order valence-electron chi connectivity index (χ1n) is 7.13. The van der Waals surface area contributed by atoms with Crippen molar-refractivity contribution in [1.29, 1.82) is 0 Å². The van der Waals surface area contributed by atoms with Crippen LogP contribution in [0.25, 0.3) is 6.08 Å². The van der Waals surface area contributed by atoms with Crippen LogP contribution in [-0.2, 0) is 0 Å². The molecule has 0 unspecified atom stereocenters. The number of fused-ring (bicyclic) bond motifs is 1. The standard InChI is InChI=1S/C18H19N3.ClH/c1-21-13-12-20-17(15-7-3-5-9-18(15)21)11-10-14-6-2-4-8-16(14)19;/h2-11H,12-13,19H2,1H3;1H. The van der Waals surface area contributed by atoms with Gasteiger partial charge in [0.2, 0.25) is 0 Å². The third-order valence-corrected chi connectivity index (χ3v) is 3.73. The average molecular weight is 314 g/mol. The molecule has 3 nitrogen and oxygen atoms in total. The van der Waals surface area contributed by atoms with E-state index in [2.05, 4.69) is 42.3 Å². The maximum atomic E-state index is 5.98. The number of nitrogen functional groups attached to an aromatic ring is 1. The molecule has 2 N–H and O–H groups in total. The van der Waals surface area contributed by atoms with Gasteiger partial charge in [0.05, 0.1) is 12.3 Å². The summed E-state index contributed by atoms with van der Waals surface area (Å²) in [7, 11) is 2.11. The Bertz CT molecular complexity index is 707. The lowest BCUT2D eigenvalue weighted by Crippen LogP contribution is -2.20. The van der Waals surface area contributed by atoms with Crippen LogP contribution in [-0.4, -0.2) is 25.8 Å². The van der Waals surface area contributed by atoms with Crippen molar-refractivity contribution in [3.8, 4) is 0 Å².